The third-order valence-electron chi connectivity index (χ3n) is 6.99. The summed E-state index contributed by atoms with van der Waals surface area (Å²) in [6.45, 7) is 8.30. The number of allylic oxidation sites excluding steroid dienone is 1. The summed E-state index contributed by atoms with van der Waals surface area (Å²) in [5, 5.41) is 14.8. The Kier molecular flexibility index (Phi) is 10.1. The van der Waals surface area contributed by atoms with Gasteiger partial charge in [0.25, 0.3) is 0 Å². The second-order valence-corrected chi connectivity index (χ2v) is 12.1. The van der Waals surface area contributed by atoms with E-state index in [9.17, 15) is 13.2 Å². The molecule has 1 atom stereocenters. The van der Waals surface area contributed by atoms with Gasteiger partial charge in [0, 0.05) is 44.5 Å². The molecular weight excluding hydrogens is 524 g/mol. The molecule has 2 heterocycles. The smallest absolute Gasteiger partial charge is 0.243 e. The molecule has 2 N–H and O–H groups in total. The van der Waals surface area contributed by atoms with E-state index in [0.717, 1.165) is 37.8 Å². The van der Waals surface area contributed by atoms with Crippen molar-refractivity contribution in [3.63, 3.8) is 0 Å². The van der Waals surface area contributed by atoms with E-state index in [1.165, 1.54) is 21.1 Å². The molecule has 214 valence electrons. The van der Waals surface area contributed by atoms with Crippen LogP contribution in [0.2, 0.25) is 0 Å². The Morgan fingerprint density at radius 3 is 2.55 bits per heavy atom. The molecule has 0 spiro atoms. The third-order valence-corrected chi connectivity index (χ3v) is 8.92. The van der Waals surface area contributed by atoms with Crippen molar-refractivity contribution in [1.29, 1.82) is 0 Å². The molecule has 1 aromatic heterocycles. The van der Waals surface area contributed by atoms with Gasteiger partial charge in [-0.05, 0) is 49.4 Å². The molecule has 0 bridgehead atoms. The van der Waals surface area contributed by atoms with Gasteiger partial charge in [-0.2, -0.15) is 4.31 Å². The van der Waals surface area contributed by atoms with E-state index >= 15 is 0 Å². The van der Waals surface area contributed by atoms with Crippen molar-refractivity contribution in [2.24, 2.45) is 0 Å². The van der Waals surface area contributed by atoms with Crippen molar-refractivity contribution in [2.75, 3.05) is 19.6 Å². The summed E-state index contributed by atoms with van der Waals surface area (Å²) in [5.74, 6) is -0.322. The molecule has 0 radical (unpaired) electrons. The second-order valence-electron chi connectivity index (χ2n) is 10.2. The van der Waals surface area contributed by atoms with Gasteiger partial charge >= 0.3 is 0 Å². The summed E-state index contributed by atoms with van der Waals surface area (Å²) >= 11 is 0. The molecule has 1 aliphatic heterocycles. The number of aryl methyl sites for hydroxylation is 3. The standard InChI is InChI=1S/C30H40N6O3S/c1-4-6-7-28(31-17-5-2)25-12-10-24(11-13-25)16-19-35-22-26(33-34-35)21-29-30(37)32-18-20-36(29)40(38,39)27-14-8-23(3)9-15-27/h7-15,22,29,31H,4-6,16-21H2,1-3H3,(H,32,37)/b28-7+/t29-/m1/s1. The minimum absolute atomic E-state index is 0.156. The van der Waals surface area contributed by atoms with Crippen LogP contribution in [0.5, 0.6) is 0 Å². The zero-order valence-electron chi connectivity index (χ0n) is 23.6. The fourth-order valence-electron chi connectivity index (χ4n) is 4.70. The van der Waals surface area contributed by atoms with Gasteiger partial charge in [-0.3, -0.25) is 9.48 Å². The highest BCUT2D eigenvalue weighted by atomic mass is 32.2. The number of carbonyl (C=O) groups is 1. The fraction of sp³-hybridized carbons (Fsp3) is 0.433. The number of aromatic nitrogens is 3. The van der Waals surface area contributed by atoms with E-state index in [1.54, 1.807) is 35.1 Å². The number of nitrogens with one attached hydrogen (secondary N) is 2. The van der Waals surface area contributed by atoms with Crippen molar-refractivity contribution in [2.45, 2.75) is 70.4 Å². The predicted molar refractivity (Wildman–Crippen MR) is 157 cm³/mol. The molecule has 1 saturated heterocycles. The van der Waals surface area contributed by atoms with Gasteiger partial charge in [-0.25, -0.2) is 8.42 Å². The molecule has 0 unspecified atom stereocenters. The second kappa shape index (κ2) is 13.7. The van der Waals surface area contributed by atoms with Crippen LogP contribution in [0.3, 0.4) is 0 Å². The Balaban J connectivity index is 1.40. The number of piperazine rings is 1. The van der Waals surface area contributed by atoms with Crippen molar-refractivity contribution in [1.82, 2.24) is 29.9 Å². The lowest BCUT2D eigenvalue weighted by molar-refractivity contribution is -0.126. The molecule has 40 heavy (non-hydrogen) atoms. The minimum atomic E-state index is -3.83. The first-order valence-electron chi connectivity index (χ1n) is 14.1. The first-order chi connectivity index (χ1) is 19.3. The van der Waals surface area contributed by atoms with E-state index in [2.05, 4.69) is 65.1 Å². The highest BCUT2D eigenvalue weighted by molar-refractivity contribution is 7.89. The lowest BCUT2D eigenvalue weighted by Gasteiger charge is -2.33. The zero-order valence-corrected chi connectivity index (χ0v) is 24.5. The monoisotopic (exact) mass is 564 g/mol. The number of sulfonamides is 1. The van der Waals surface area contributed by atoms with Crippen LogP contribution in [0.15, 0.2) is 65.7 Å². The molecule has 10 heteroatoms. The van der Waals surface area contributed by atoms with E-state index in [4.69, 9.17) is 0 Å². The average molecular weight is 565 g/mol. The van der Waals surface area contributed by atoms with Crippen LogP contribution < -0.4 is 10.6 Å². The van der Waals surface area contributed by atoms with Crippen LogP contribution in [0.1, 0.15) is 55.5 Å². The maximum absolute atomic E-state index is 13.4. The summed E-state index contributed by atoms with van der Waals surface area (Å²) in [5.41, 5.74) is 5.10. The first-order valence-corrected chi connectivity index (χ1v) is 15.5. The molecular formula is C30H40N6O3S. The van der Waals surface area contributed by atoms with Crippen molar-refractivity contribution in [3.05, 3.63) is 83.2 Å². The van der Waals surface area contributed by atoms with Crippen molar-refractivity contribution in [3.8, 4) is 0 Å². The molecule has 1 fully saturated rings. The van der Waals surface area contributed by atoms with Crippen LogP contribution in [-0.4, -0.2) is 59.3 Å². The Morgan fingerprint density at radius 1 is 1.10 bits per heavy atom. The van der Waals surface area contributed by atoms with Crippen LogP contribution in [-0.2, 0) is 34.2 Å². The number of amides is 1. The Morgan fingerprint density at radius 2 is 1.85 bits per heavy atom. The van der Waals surface area contributed by atoms with E-state index < -0.39 is 16.1 Å². The number of nitrogens with zero attached hydrogens (tertiary/aromatic N) is 4. The van der Waals surface area contributed by atoms with Gasteiger partial charge in [-0.15, -0.1) is 5.10 Å². The van der Waals surface area contributed by atoms with Gasteiger partial charge in [0.15, 0.2) is 0 Å². The summed E-state index contributed by atoms with van der Waals surface area (Å²) in [6.07, 6.45) is 8.23. The summed E-state index contributed by atoms with van der Waals surface area (Å²) in [7, 11) is -3.83. The Labute approximate surface area is 237 Å². The molecule has 4 rings (SSSR count). The number of hydrogen-bond donors (Lipinski definition) is 2. The predicted octanol–water partition coefficient (Wildman–Crippen LogP) is 3.70. The third kappa shape index (κ3) is 7.37. The van der Waals surface area contributed by atoms with Crippen LogP contribution in [0.4, 0.5) is 0 Å². The minimum Gasteiger partial charge on any atom is -0.385 e. The van der Waals surface area contributed by atoms with Gasteiger partial charge in [0.2, 0.25) is 15.9 Å². The SMILES string of the molecule is CCC/C=C(/NCCC)c1ccc(CCn2cc(C[C@@H]3C(=O)NCCN3S(=O)(=O)c3ccc(C)cc3)nn2)cc1. The van der Waals surface area contributed by atoms with E-state index in [-0.39, 0.29) is 30.3 Å². The molecule has 0 aliphatic carbocycles. The quantitative estimate of drug-likeness (QED) is 0.328. The van der Waals surface area contributed by atoms with E-state index in [0.29, 0.717) is 12.2 Å². The highest BCUT2D eigenvalue weighted by Crippen LogP contribution is 2.22. The summed E-state index contributed by atoms with van der Waals surface area (Å²) in [6, 6.07) is 14.4. The van der Waals surface area contributed by atoms with Gasteiger partial charge in [0.1, 0.15) is 6.04 Å². The lowest BCUT2D eigenvalue weighted by Crippen LogP contribution is -2.57. The summed E-state index contributed by atoms with van der Waals surface area (Å²) < 4.78 is 29.8. The number of rotatable bonds is 13. The highest BCUT2D eigenvalue weighted by Gasteiger charge is 2.39. The van der Waals surface area contributed by atoms with Crippen LogP contribution in [0.25, 0.3) is 5.70 Å². The lowest BCUT2D eigenvalue weighted by atomic mass is 10.1. The van der Waals surface area contributed by atoms with Crippen LogP contribution in [0, 0.1) is 6.92 Å². The molecule has 1 amide bonds. The normalized spacial score (nSPS) is 16.6. The number of benzene rings is 2. The topological polar surface area (TPSA) is 109 Å². The van der Waals surface area contributed by atoms with E-state index in [1.807, 2.05) is 6.92 Å². The van der Waals surface area contributed by atoms with Gasteiger partial charge < -0.3 is 10.6 Å². The maximum atomic E-state index is 13.4. The Bertz CT molecular complexity index is 1400. The number of hydrogen-bond acceptors (Lipinski definition) is 6. The molecule has 3 aromatic rings. The van der Waals surface area contributed by atoms with Crippen molar-refractivity contribution < 1.29 is 13.2 Å². The van der Waals surface area contributed by atoms with Gasteiger partial charge in [-0.1, -0.05) is 73.5 Å². The van der Waals surface area contributed by atoms with Gasteiger partial charge in [0.05, 0.1) is 10.6 Å². The molecule has 1 aliphatic rings. The Hall–Kier alpha value is -3.50. The largest absolute Gasteiger partial charge is 0.385 e. The first kappa shape index (κ1) is 29.5. The number of unbranched alkanes of at least 4 members (excludes halogenated alkanes) is 1. The fourth-order valence-corrected chi connectivity index (χ4v) is 6.28. The summed E-state index contributed by atoms with van der Waals surface area (Å²) in [4.78, 5) is 13.0. The average Bonchev–Trinajstić information content (AvgIpc) is 3.41. The zero-order chi connectivity index (χ0) is 28.5. The number of carbonyl (C=O) groups excluding carboxylic acids is 1. The molecule has 0 saturated carbocycles. The molecule has 9 nitrogen and oxygen atoms in total. The van der Waals surface area contributed by atoms with Crippen LogP contribution >= 0.6 is 0 Å². The van der Waals surface area contributed by atoms with Crippen molar-refractivity contribution >= 4 is 21.6 Å². The molecule has 2 aromatic carbocycles. The maximum Gasteiger partial charge on any atom is 0.243 e.